The number of amides is 2. The summed E-state index contributed by atoms with van der Waals surface area (Å²) in [4.78, 5) is 29.7. The summed E-state index contributed by atoms with van der Waals surface area (Å²) < 4.78 is 20.2. The number of rotatable bonds is 5. The first-order valence-corrected chi connectivity index (χ1v) is 9.68. The summed E-state index contributed by atoms with van der Waals surface area (Å²) in [6, 6.07) is 10.7. The molecule has 3 aromatic heterocycles. The maximum absolute atomic E-state index is 13.0. The number of halogens is 1. The van der Waals surface area contributed by atoms with Crippen LogP contribution >= 0.6 is 0 Å². The molecule has 31 heavy (non-hydrogen) atoms. The van der Waals surface area contributed by atoms with Crippen molar-refractivity contribution in [3.8, 4) is 11.5 Å². The second-order valence-corrected chi connectivity index (χ2v) is 7.26. The smallest absolute Gasteiger partial charge is 0.270 e. The third kappa shape index (κ3) is 4.30. The van der Waals surface area contributed by atoms with Crippen LogP contribution in [0.15, 0.2) is 59.3 Å². The number of carbonyl (C=O) groups is 2. The molecule has 0 saturated heterocycles. The van der Waals surface area contributed by atoms with E-state index in [9.17, 15) is 14.0 Å². The van der Waals surface area contributed by atoms with Crippen LogP contribution in [-0.2, 0) is 11.2 Å². The van der Waals surface area contributed by atoms with Crippen molar-refractivity contribution in [3.05, 3.63) is 71.9 Å². The van der Waals surface area contributed by atoms with Gasteiger partial charge in [0.1, 0.15) is 11.5 Å². The number of nitrogens with zero attached hydrogens (tertiary/aromatic N) is 3. The van der Waals surface area contributed by atoms with Gasteiger partial charge >= 0.3 is 0 Å². The highest BCUT2D eigenvalue weighted by Crippen LogP contribution is 2.26. The molecular formula is C22H20FN5O3. The summed E-state index contributed by atoms with van der Waals surface area (Å²) in [5, 5.41) is 4.89. The average Bonchev–Trinajstić information content (AvgIpc) is 3.43. The number of pyridine rings is 1. The fourth-order valence-electron chi connectivity index (χ4n) is 3.16. The average molecular weight is 421 g/mol. The van der Waals surface area contributed by atoms with Crippen LogP contribution in [0.2, 0.25) is 0 Å². The van der Waals surface area contributed by atoms with E-state index in [0.717, 1.165) is 0 Å². The number of aromatic nitrogens is 3. The highest BCUT2D eigenvalue weighted by atomic mass is 19.1. The molecule has 0 aliphatic rings. The van der Waals surface area contributed by atoms with Gasteiger partial charge in [0, 0.05) is 6.04 Å². The fourth-order valence-corrected chi connectivity index (χ4v) is 3.16. The summed E-state index contributed by atoms with van der Waals surface area (Å²) in [6.07, 6.45) is 3.09. The molecule has 0 fully saturated rings. The minimum atomic E-state index is -0.518. The van der Waals surface area contributed by atoms with Gasteiger partial charge in [0.2, 0.25) is 5.91 Å². The largest absolute Gasteiger partial charge is 0.463 e. The fraction of sp³-hybridized carbons (Fsp3) is 0.182. The van der Waals surface area contributed by atoms with E-state index in [2.05, 4.69) is 20.9 Å². The maximum Gasteiger partial charge on any atom is 0.270 e. The minimum Gasteiger partial charge on any atom is -0.463 e. The molecule has 8 nitrogen and oxygen atoms in total. The third-order valence-electron chi connectivity index (χ3n) is 4.67. The molecule has 0 aliphatic carbocycles. The van der Waals surface area contributed by atoms with Crippen LogP contribution in [0.1, 0.15) is 35.8 Å². The van der Waals surface area contributed by atoms with Crippen molar-refractivity contribution in [2.75, 3.05) is 0 Å². The topological polar surface area (TPSA) is 102 Å². The lowest BCUT2D eigenvalue weighted by molar-refractivity contribution is -0.121. The number of hydrazine groups is 1. The summed E-state index contributed by atoms with van der Waals surface area (Å²) in [5.41, 5.74) is 6.74. The molecule has 158 valence electrons. The number of hydrogen-bond donors (Lipinski definition) is 2. The van der Waals surface area contributed by atoms with Crippen molar-refractivity contribution in [3.63, 3.8) is 0 Å². The molecule has 3 heterocycles. The van der Waals surface area contributed by atoms with Gasteiger partial charge in [-0.25, -0.2) is 14.1 Å². The summed E-state index contributed by atoms with van der Waals surface area (Å²) >= 11 is 0. The van der Waals surface area contributed by atoms with Crippen LogP contribution in [0.25, 0.3) is 22.5 Å². The SMILES string of the molecule is CC(C)n1ncc2c(C(=O)NNC(=O)Cc3ccc(F)cc3)cc(-c3ccco3)nc21. The Kier molecular flexibility index (Phi) is 5.48. The van der Waals surface area contributed by atoms with Crippen LogP contribution in [0.5, 0.6) is 0 Å². The minimum absolute atomic E-state index is 0.00472. The molecule has 0 bridgehead atoms. The second-order valence-electron chi connectivity index (χ2n) is 7.26. The van der Waals surface area contributed by atoms with Crippen LogP contribution in [-0.4, -0.2) is 26.6 Å². The summed E-state index contributed by atoms with van der Waals surface area (Å²) in [7, 11) is 0. The Morgan fingerprint density at radius 3 is 2.61 bits per heavy atom. The first-order valence-electron chi connectivity index (χ1n) is 9.68. The van der Waals surface area contributed by atoms with Gasteiger partial charge < -0.3 is 4.42 Å². The molecule has 0 radical (unpaired) electrons. The summed E-state index contributed by atoms with van der Waals surface area (Å²) in [5.74, 6) is -0.827. The van der Waals surface area contributed by atoms with E-state index in [4.69, 9.17) is 4.42 Å². The number of nitrogens with one attached hydrogen (secondary N) is 2. The number of hydrogen-bond acceptors (Lipinski definition) is 5. The van der Waals surface area contributed by atoms with Crippen LogP contribution < -0.4 is 10.9 Å². The van der Waals surface area contributed by atoms with Crippen molar-refractivity contribution in [1.29, 1.82) is 0 Å². The van der Waals surface area contributed by atoms with Crippen molar-refractivity contribution in [2.45, 2.75) is 26.3 Å². The van der Waals surface area contributed by atoms with Crippen LogP contribution in [0, 0.1) is 5.82 Å². The van der Waals surface area contributed by atoms with Crippen LogP contribution in [0.3, 0.4) is 0 Å². The molecule has 0 unspecified atom stereocenters. The molecular weight excluding hydrogens is 401 g/mol. The van der Waals surface area contributed by atoms with Gasteiger partial charge in [0.25, 0.3) is 5.91 Å². The lowest BCUT2D eigenvalue weighted by atomic mass is 10.1. The van der Waals surface area contributed by atoms with Gasteiger partial charge in [-0.15, -0.1) is 0 Å². The Morgan fingerprint density at radius 1 is 1.16 bits per heavy atom. The van der Waals surface area contributed by atoms with E-state index in [-0.39, 0.29) is 18.3 Å². The molecule has 4 rings (SSSR count). The van der Waals surface area contributed by atoms with Gasteiger partial charge in [-0.3, -0.25) is 20.4 Å². The van der Waals surface area contributed by atoms with E-state index < -0.39 is 11.8 Å². The molecule has 4 aromatic rings. The molecule has 2 amide bonds. The van der Waals surface area contributed by atoms with Crippen molar-refractivity contribution < 1.29 is 18.4 Å². The first-order chi connectivity index (χ1) is 14.9. The zero-order chi connectivity index (χ0) is 22.0. The first kappa shape index (κ1) is 20.3. The molecule has 0 atom stereocenters. The number of fused-ring (bicyclic) bond motifs is 1. The number of furan rings is 1. The predicted molar refractivity (Wildman–Crippen MR) is 111 cm³/mol. The number of benzene rings is 1. The molecule has 9 heteroatoms. The normalized spacial score (nSPS) is 11.1. The van der Waals surface area contributed by atoms with Gasteiger partial charge in [0.15, 0.2) is 11.4 Å². The van der Waals surface area contributed by atoms with E-state index in [1.54, 1.807) is 29.1 Å². The second kappa shape index (κ2) is 8.39. The highest BCUT2D eigenvalue weighted by molar-refractivity contribution is 6.06. The van der Waals surface area contributed by atoms with Crippen molar-refractivity contribution in [1.82, 2.24) is 25.6 Å². The third-order valence-corrected chi connectivity index (χ3v) is 4.67. The molecule has 1 aromatic carbocycles. The van der Waals surface area contributed by atoms with E-state index >= 15 is 0 Å². The van der Waals surface area contributed by atoms with Gasteiger partial charge in [0.05, 0.1) is 29.8 Å². The van der Waals surface area contributed by atoms with E-state index in [0.29, 0.717) is 33.6 Å². The Hall–Kier alpha value is -4.01. The van der Waals surface area contributed by atoms with Crippen molar-refractivity contribution in [2.24, 2.45) is 0 Å². The van der Waals surface area contributed by atoms with E-state index in [1.807, 2.05) is 13.8 Å². The Balaban J connectivity index is 1.58. The number of carbonyl (C=O) groups excluding carboxylic acids is 2. The molecule has 0 aliphatic heterocycles. The van der Waals surface area contributed by atoms with E-state index in [1.165, 1.54) is 30.5 Å². The van der Waals surface area contributed by atoms with Gasteiger partial charge in [-0.1, -0.05) is 12.1 Å². The maximum atomic E-state index is 13.0. The standard InChI is InChI=1S/C22H20FN5O3/c1-13(2)28-21-17(12-24-28)16(11-18(25-21)19-4-3-9-31-19)22(30)27-26-20(29)10-14-5-7-15(23)8-6-14/h3-9,11-13H,10H2,1-2H3,(H,26,29)(H,27,30). The zero-order valence-electron chi connectivity index (χ0n) is 16.9. The summed E-state index contributed by atoms with van der Waals surface area (Å²) in [6.45, 7) is 3.92. The zero-order valence-corrected chi connectivity index (χ0v) is 16.9. The van der Waals surface area contributed by atoms with Gasteiger partial charge in [-0.2, -0.15) is 5.10 Å². The Bertz CT molecular complexity index is 1230. The monoisotopic (exact) mass is 421 g/mol. The predicted octanol–water partition coefficient (Wildman–Crippen LogP) is 3.42. The molecule has 2 N–H and O–H groups in total. The Morgan fingerprint density at radius 2 is 1.94 bits per heavy atom. The highest BCUT2D eigenvalue weighted by Gasteiger charge is 2.19. The molecule has 0 saturated carbocycles. The van der Waals surface area contributed by atoms with Crippen molar-refractivity contribution >= 4 is 22.8 Å². The quantitative estimate of drug-likeness (QED) is 0.481. The van der Waals surface area contributed by atoms with Gasteiger partial charge in [-0.05, 0) is 49.7 Å². The Labute approximate surface area is 177 Å². The lowest BCUT2D eigenvalue weighted by Crippen LogP contribution is -2.42. The van der Waals surface area contributed by atoms with Crippen LogP contribution in [0.4, 0.5) is 4.39 Å². The lowest BCUT2D eigenvalue weighted by Gasteiger charge is -2.11. The molecule has 0 spiro atoms.